The van der Waals surface area contributed by atoms with Crippen molar-refractivity contribution in [2.75, 3.05) is 0 Å². The van der Waals surface area contributed by atoms with Crippen LogP contribution in [0.1, 0.15) is 97.3 Å². The first kappa shape index (κ1) is 20.2. The van der Waals surface area contributed by atoms with Gasteiger partial charge in [0, 0.05) is 0 Å². The lowest BCUT2D eigenvalue weighted by atomic mass is 10.0. The lowest BCUT2D eigenvalue weighted by Gasteiger charge is -2.14. The van der Waals surface area contributed by atoms with Gasteiger partial charge in [-0.25, -0.2) is 0 Å². The second kappa shape index (κ2) is 16.9. The van der Waals surface area contributed by atoms with Gasteiger partial charge in [0.1, 0.15) is 0 Å². The fourth-order valence-electron chi connectivity index (χ4n) is 2.27. The maximum absolute atomic E-state index is 10.8. The molecule has 0 aliphatic carbocycles. The van der Waals surface area contributed by atoms with Crippen LogP contribution in [-0.2, 0) is 0 Å². The Morgan fingerprint density at radius 2 is 1.00 bits per heavy atom. The maximum Gasteiger partial charge on any atom is -0.0533 e. The normalized spacial score (nSPS) is 12.2. The Labute approximate surface area is 115 Å². The highest BCUT2D eigenvalue weighted by atomic mass is 16.3. The average Bonchev–Trinajstić information content (AvgIpc) is 2.30. The van der Waals surface area contributed by atoms with Gasteiger partial charge in [-0.15, -0.1) is 6.10 Å². The maximum atomic E-state index is 10.8. The summed E-state index contributed by atoms with van der Waals surface area (Å²) >= 11 is 0. The zero-order valence-corrected chi connectivity index (χ0v) is 13.2. The summed E-state index contributed by atoms with van der Waals surface area (Å²) in [5, 5.41) is 10.8. The van der Waals surface area contributed by atoms with E-state index in [4.69, 9.17) is 0 Å². The van der Waals surface area contributed by atoms with Crippen LogP contribution in [0.3, 0.4) is 0 Å². The zero-order chi connectivity index (χ0) is 12.8. The second-order valence-corrected chi connectivity index (χ2v) is 5.49. The molecule has 0 amide bonds. The molecule has 0 saturated carbocycles. The summed E-state index contributed by atoms with van der Waals surface area (Å²) < 4.78 is 0. The summed E-state index contributed by atoms with van der Waals surface area (Å²) in [7, 11) is 0. The second-order valence-electron chi connectivity index (χ2n) is 5.49. The topological polar surface area (TPSA) is 59.6 Å². The molecule has 2 nitrogen and oxygen atoms in total. The van der Waals surface area contributed by atoms with Gasteiger partial charge in [0.15, 0.2) is 0 Å². The highest BCUT2D eigenvalue weighted by Crippen LogP contribution is 2.12. The van der Waals surface area contributed by atoms with Crippen molar-refractivity contribution >= 4 is 0 Å². The molecule has 0 aliphatic rings. The molecule has 0 radical (unpaired) electrons. The molecule has 0 bridgehead atoms. The number of unbranched alkanes of at least 4 members (excludes halogenated alkanes) is 11. The summed E-state index contributed by atoms with van der Waals surface area (Å²) in [6.07, 6.45) is 17.0. The van der Waals surface area contributed by atoms with Crippen molar-refractivity contribution in [3.8, 4) is 0 Å². The van der Waals surface area contributed by atoms with Crippen molar-refractivity contribution in [3.05, 3.63) is 0 Å². The van der Waals surface area contributed by atoms with Crippen LogP contribution in [0.4, 0.5) is 0 Å². The zero-order valence-electron chi connectivity index (χ0n) is 13.2. The van der Waals surface area contributed by atoms with Crippen LogP contribution in [0.25, 0.3) is 0 Å². The van der Waals surface area contributed by atoms with Crippen LogP contribution >= 0.6 is 0 Å². The van der Waals surface area contributed by atoms with E-state index >= 15 is 0 Å². The molecule has 0 aromatic rings. The van der Waals surface area contributed by atoms with Crippen LogP contribution in [-0.4, -0.2) is 6.10 Å². The van der Waals surface area contributed by atoms with Crippen molar-refractivity contribution in [1.82, 2.24) is 6.15 Å². The fourth-order valence-corrected chi connectivity index (χ4v) is 2.27. The van der Waals surface area contributed by atoms with Crippen molar-refractivity contribution in [2.24, 2.45) is 0 Å². The van der Waals surface area contributed by atoms with E-state index < -0.39 is 0 Å². The lowest BCUT2D eigenvalue weighted by molar-refractivity contribution is -0.415. The molecule has 1 atom stereocenters. The highest BCUT2D eigenvalue weighted by molar-refractivity contribution is 4.50. The largest absolute Gasteiger partial charge is 0.852 e. The molecule has 0 heterocycles. The van der Waals surface area contributed by atoms with Gasteiger partial charge in [0.05, 0.1) is 0 Å². The Kier molecular flexibility index (Phi) is 19.0. The van der Waals surface area contributed by atoms with E-state index in [9.17, 15) is 5.11 Å². The molecule has 0 saturated heterocycles. The molecule has 1 unspecified atom stereocenters. The van der Waals surface area contributed by atoms with E-state index in [0.29, 0.717) is 0 Å². The molecule has 0 spiro atoms. The molecule has 0 aromatic carbocycles. The van der Waals surface area contributed by atoms with Crippen LogP contribution in [0.15, 0.2) is 0 Å². The Morgan fingerprint density at radius 3 is 1.33 bits per heavy atom. The molecule has 18 heavy (non-hydrogen) atoms. The number of quaternary nitrogens is 1. The Bertz CT molecular complexity index is 137. The first-order valence-electron chi connectivity index (χ1n) is 7.93. The molecular formula is C16H37NO. The minimum Gasteiger partial charge on any atom is -0.852 e. The van der Waals surface area contributed by atoms with Crippen LogP contribution in [0.2, 0.25) is 0 Å². The Morgan fingerprint density at radius 1 is 0.667 bits per heavy atom. The van der Waals surface area contributed by atoms with E-state index in [0.717, 1.165) is 12.8 Å². The number of hydrogen-bond donors (Lipinski definition) is 1. The molecule has 0 aromatic heterocycles. The van der Waals surface area contributed by atoms with Crippen LogP contribution < -0.4 is 11.3 Å². The van der Waals surface area contributed by atoms with Crippen molar-refractivity contribution < 1.29 is 5.11 Å². The van der Waals surface area contributed by atoms with Crippen molar-refractivity contribution in [2.45, 2.75) is 103 Å². The summed E-state index contributed by atoms with van der Waals surface area (Å²) in [5.74, 6) is 0. The quantitative estimate of drug-likeness (QED) is 0.454. The lowest BCUT2D eigenvalue weighted by Crippen LogP contribution is -2.19. The van der Waals surface area contributed by atoms with Gasteiger partial charge in [-0.1, -0.05) is 97.3 Å². The van der Waals surface area contributed by atoms with Gasteiger partial charge in [0.25, 0.3) is 0 Å². The van der Waals surface area contributed by atoms with Crippen LogP contribution in [0.5, 0.6) is 0 Å². The van der Waals surface area contributed by atoms with Crippen molar-refractivity contribution in [3.63, 3.8) is 0 Å². The standard InChI is InChI=1S/C16H33O.H3N/c1-3-4-5-6-7-8-9-10-11-12-13-14-15-16(2)17;/h16H,3-15H2,1-2H3;1H3/q-1;/p+1. The predicted octanol–water partition coefficient (Wildman–Crippen LogP) is 5.20. The third kappa shape index (κ3) is 18.3. The minimum atomic E-state index is -0.349. The molecule has 0 fully saturated rings. The molecular weight excluding hydrogens is 222 g/mol. The van der Waals surface area contributed by atoms with Gasteiger partial charge >= 0.3 is 0 Å². The highest BCUT2D eigenvalue weighted by Gasteiger charge is 1.93. The summed E-state index contributed by atoms with van der Waals surface area (Å²) in [6.45, 7) is 4.05. The third-order valence-electron chi connectivity index (χ3n) is 3.46. The Balaban J connectivity index is 0. The average molecular weight is 259 g/mol. The molecule has 4 N–H and O–H groups in total. The summed E-state index contributed by atoms with van der Waals surface area (Å²) in [6, 6.07) is 0. The van der Waals surface area contributed by atoms with E-state index in [1.54, 1.807) is 6.92 Å². The summed E-state index contributed by atoms with van der Waals surface area (Å²) in [5.41, 5.74) is 0. The van der Waals surface area contributed by atoms with Crippen LogP contribution in [0, 0.1) is 0 Å². The minimum absolute atomic E-state index is 0. The van der Waals surface area contributed by atoms with Gasteiger partial charge in [0.2, 0.25) is 0 Å². The van der Waals surface area contributed by atoms with E-state index in [2.05, 4.69) is 6.92 Å². The fraction of sp³-hybridized carbons (Fsp3) is 1.00. The molecule has 112 valence electrons. The summed E-state index contributed by atoms with van der Waals surface area (Å²) in [4.78, 5) is 0. The predicted molar refractivity (Wildman–Crippen MR) is 81.1 cm³/mol. The molecule has 2 heteroatoms. The van der Waals surface area contributed by atoms with Gasteiger partial charge in [-0.3, -0.25) is 0 Å². The monoisotopic (exact) mass is 259 g/mol. The van der Waals surface area contributed by atoms with Gasteiger partial charge < -0.3 is 11.3 Å². The van der Waals surface area contributed by atoms with Crippen molar-refractivity contribution in [1.29, 1.82) is 0 Å². The number of hydrogen-bond acceptors (Lipinski definition) is 1. The molecule has 0 rings (SSSR count). The first-order chi connectivity index (χ1) is 8.27. The number of rotatable bonds is 13. The van der Waals surface area contributed by atoms with Gasteiger partial charge in [-0.05, 0) is 0 Å². The smallest absolute Gasteiger partial charge is 0.0533 e. The Hall–Kier alpha value is -0.0800. The SMILES string of the molecule is CCCCCCCCCCCCCCC(C)[O-].[NH4+]. The molecule has 0 aliphatic heterocycles. The van der Waals surface area contributed by atoms with E-state index in [1.165, 1.54) is 70.6 Å². The van der Waals surface area contributed by atoms with Gasteiger partial charge in [-0.2, -0.15) is 0 Å². The first-order valence-corrected chi connectivity index (χ1v) is 7.93. The third-order valence-corrected chi connectivity index (χ3v) is 3.46. The van der Waals surface area contributed by atoms with E-state index in [-0.39, 0.29) is 12.3 Å². The van der Waals surface area contributed by atoms with E-state index in [1.807, 2.05) is 0 Å².